The number of carbonyl (C=O) groups is 1. The molecule has 2 rings (SSSR count). The Morgan fingerprint density at radius 1 is 1.44 bits per heavy atom. The van der Waals surface area contributed by atoms with Crippen LogP contribution in [0.4, 0.5) is 0 Å². The Bertz CT molecular complexity index is 350. The maximum Gasteiger partial charge on any atom is 0.238 e. The lowest BCUT2D eigenvalue weighted by Gasteiger charge is -2.04. The Kier molecular flexibility index (Phi) is 3.57. The number of amides is 1. The predicted octanol–water partition coefficient (Wildman–Crippen LogP) is 1.40. The molecule has 0 radical (unpaired) electrons. The molecule has 1 amide bonds. The molecule has 0 saturated carbocycles. The van der Waals surface area contributed by atoms with Crippen LogP contribution in [0.2, 0.25) is 0 Å². The fourth-order valence-electron chi connectivity index (χ4n) is 1.78. The summed E-state index contributed by atoms with van der Waals surface area (Å²) in [5, 5.41) is 2.93. The van der Waals surface area contributed by atoms with Crippen LogP contribution in [-0.4, -0.2) is 29.9 Å². The van der Waals surface area contributed by atoms with Gasteiger partial charge in [0.1, 0.15) is 6.04 Å². The number of hydrogen-bond acceptors (Lipinski definition) is 2. The third-order valence-electron chi connectivity index (χ3n) is 2.80. The summed E-state index contributed by atoms with van der Waals surface area (Å²) in [4.78, 5) is 13.8. The quantitative estimate of drug-likeness (QED) is 0.758. The third-order valence-corrected chi connectivity index (χ3v) is 2.80. The van der Waals surface area contributed by atoms with Gasteiger partial charge >= 0.3 is 0 Å². The van der Waals surface area contributed by atoms with Gasteiger partial charge in [-0.2, -0.15) is 0 Å². The summed E-state index contributed by atoms with van der Waals surface area (Å²) in [6.07, 6.45) is 0.997. The monoisotopic (exact) mass is 218 g/mol. The van der Waals surface area contributed by atoms with Gasteiger partial charge in [-0.05, 0) is 12.0 Å². The molecule has 1 aliphatic heterocycles. The number of carbonyl (C=O) groups excluding carboxylic acids is 1. The third kappa shape index (κ3) is 2.83. The van der Waals surface area contributed by atoms with Crippen LogP contribution in [0, 0.1) is 0 Å². The molecule has 1 fully saturated rings. The maximum absolute atomic E-state index is 11.6. The second kappa shape index (κ2) is 5.12. The van der Waals surface area contributed by atoms with E-state index in [1.807, 2.05) is 18.2 Å². The van der Waals surface area contributed by atoms with Gasteiger partial charge in [0.15, 0.2) is 0 Å². The topological polar surface area (TPSA) is 32.1 Å². The zero-order valence-corrected chi connectivity index (χ0v) is 9.65. The lowest BCUT2D eigenvalue weighted by Crippen LogP contribution is -2.30. The summed E-state index contributed by atoms with van der Waals surface area (Å²) in [5.74, 6) is 0.179. The van der Waals surface area contributed by atoms with Crippen LogP contribution in [0.25, 0.3) is 0 Å². The van der Waals surface area contributed by atoms with Crippen molar-refractivity contribution in [1.29, 1.82) is 0 Å². The largest absolute Gasteiger partial charge is 0.355 e. The number of benzene rings is 1. The fourth-order valence-corrected chi connectivity index (χ4v) is 1.78. The van der Waals surface area contributed by atoms with Crippen LogP contribution in [0.15, 0.2) is 30.3 Å². The van der Waals surface area contributed by atoms with Crippen molar-refractivity contribution in [3.8, 4) is 0 Å². The van der Waals surface area contributed by atoms with Gasteiger partial charge in [-0.15, -0.1) is 0 Å². The lowest BCUT2D eigenvalue weighted by atomic mass is 10.2. The Morgan fingerprint density at radius 3 is 2.88 bits per heavy atom. The number of hydrogen-bond donors (Lipinski definition) is 1. The molecule has 0 spiro atoms. The summed E-state index contributed by atoms with van der Waals surface area (Å²) in [7, 11) is 0. The number of nitrogens with one attached hydrogen (secondary N) is 1. The smallest absolute Gasteiger partial charge is 0.238 e. The first-order chi connectivity index (χ1) is 7.81. The Labute approximate surface area is 96.5 Å². The lowest BCUT2D eigenvalue weighted by molar-refractivity contribution is -0.121. The van der Waals surface area contributed by atoms with Crippen LogP contribution in [0.3, 0.4) is 0 Å². The van der Waals surface area contributed by atoms with Crippen molar-refractivity contribution >= 4 is 5.91 Å². The molecular weight excluding hydrogens is 200 g/mol. The highest BCUT2D eigenvalue weighted by molar-refractivity contribution is 5.84. The molecule has 1 saturated heterocycles. The van der Waals surface area contributed by atoms with Crippen LogP contribution in [0.1, 0.15) is 18.9 Å². The van der Waals surface area contributed by atoms with Gasteiger partial charge in [0.2, 0.25) is 5.91 Å². The van der Waals surface area contributed by atoms with Gasteiger partial charge in [-0.1, -0.05) is 37.3 Å². The van der Waals surface area contributed by atoms with Crippen molar-refractivity contribution < 1.29 is 4.79 Å². The van der Waals surface area contributed by atoms with Crippen LogP contribution >= 0.6 is 0 Å². The molecule has 1 aromatic rings. The molecule has 3 nitrogen and oxygen atoms in total. The average Bonchev–Trinajstić information content (AvgIpc) is 3.06. The molecule has 1 N–H and O–H groups in total. The van der Waals surface area contributed by atoms with Crippen molar-refractivity contribution in [2.75, 3.05) is 13.1 Å². The highest BCUT2D eigenvalue weighted by Crippen LogP contribution is 2.20. The number of nitrogens with zero attached hydrogens (tertiary/aromatic N) is 1. The highest BCUT2D eigenvalue weighted by atomic mass is 16.2. The van der Waals surface area contributed by atoms with E-state index in [4.69, 9.17) is 0 Å². The van der Waals surface area contributed by atoms with Gasteiger partial charge in [0.05, 0.1) is 0 Å². The van der Waals surface area contributed by atoms with E-state index < -0.39 is 0 Å². The zero-order valence-electron chi connectivity index (χ0n) is 9.65. The van der Waals surface area contributed by atoms with E-state index >= 15 is 0 Å². The number of rotatable bonds is 5. The predicted molar refractivity (Wildman–Crippen MR) is 63.9 cm³/mol. The molecule has 1 heterocycles. The fraction of sp³-hybridized carbons (Fsp3) is 0.462. The van der Waals surface area contributed by atoms with E-state index in [0.29, 0.717) is 0 Å². The molecule has 0 aromatic heterocycles. The van der Waals surface area contributed by atoms with Crippen molar-refractivity contribution in [2.24, 2.45) is 0 Å². The van der Waals surface area contributed by atoms with E-state index in [-0.39, 0.29) is 11.9 Å². The Morgan fingerprint density at radius 2 is 2.19 bits per heavy atom. The zero-order chi connectivity index (χ0) is 11.4. The van der Waals surface area contributed by atoms with Gasteiger partial charge in [-0.3, -0.25) is 9.69 Å². The first-order valence-electron chi connectivity index (χ1n) is 5.87. The molecular formula is C13H18N2O. The summed E-state index contributed by atoms with van der Waals surface area (Å²) in [5.41, 5.74) is 1.27. The second-order valence-corrected chi connectivity index (χ2v) is 4.22. The normalized spacial score (nSPS) is 22.8. The molecule has 2 unspecified atom stereocenters. The molecule has 2 atom stereocenters. The molecule has 1 aliphatic rings. The second-order valence-electron chi connectivity index (χ2n) is 4.22. The van der Waals surface area contributed by atoms with Gasteiger partial charge in [-0.25, -0.2) is 0 Å². The first-order valence-corrected chi connectivity index (χ1v) is 5.87. The highest BCUT2D eigenvalue weighted by Gasteiger charge is 2.39. The van der Waals surface area contributed by atoms with Crippen molar-refractivity contribution in [2.45, 2.75) is 25.9 Å². The molecule has 86 valence electrons. The SMILES string of the molecule is CCCNC(=O)C1CN1Cc1ccccc1. The van der Waals surface area contributed by atoms with Crippen molar-refractivity contribution in [1.82, 2.24) is 10.2 Å². The molecule has 3 heteroatoms. The van der Waals surface area contributed by atoms with E-state index in [0.717, 1.165) is 26.1 Å². The molecule has 16 heavy (non-hydrogen) atoms. The Balaban J connectivity index is 1.77. The summed E-state index contributed by atoms with van der Waals surface area (Å²) in [6, 6.07) is 10.4. The Hall–Kier alpha value is -1.35. The average molecular weight is 218 g/mol. The van der Waals surface area contributed by atoms with E-state index in [2.05, 4.69) is 29.3 Å². The standard InChI is InChI=1S/C13H18N2O/c1-2-8-14-13(16)12-10-15(12)9-11-6-4-3-5-7-11/h3-7,12H,2,8-10H2,1H3,(H,14,16). The van der Waals surface area contributed by atoms with E-state index in [1.165, 1.54) is 5.56 Å². The molecule has 1 aromatic carbocycles. The van der Waals surface area contributed by atoms with Crippen LogP contribution < -0.4 is 5.32 Å². The van der Waals surface area contributed by atoms with Gasteiger partial charge in [0.25, 0.3) is 0 Å². The summed E-state index contributed by atoms with van der Waals surface area (Å²) in [6.45, 7) is 4.62. The molecule has 0 bridgehead atoms. The van der Waals surface area contributed by atoms with Crippen molar-refractivity contribution in [3.05, 3.63) is 35.9 Å². The van der Waals surface area contributed by atoms with E-state index in [9.17, 15) is 4.79 Å². The van der Waals surface area contributed by atoms with E-state index in [1.54, 1.807) is 0 Å². The molecule has 0 aliphatic carbocycles. The maximum atomic E-state index is 11.6. The minimum absolute atomic E-state index is 0.103. The van der Waals surface area contributed by atoms with Crippen LogP contribution in [-0.2, 0) is 11.3 Å². The van der Waals surface area contributed by atoms with Crippen LogP contribution in [0.5, 0.6) is 0 Å². The van der Waals surface area contributed by atoms with Gasteiger partial charge in [0, 0.05) is 19.6 Å². The van der Waals surface area contributed by atoms with Crippen molar-refractivity contribution in [3.63, 3.8) is 0 Å². The summed E-state index contributed by atoms with van der Waals surface area (Å²) >= 11 is 0. The minimum Gasteiger partial charge on any atom is -0.355 e. The minimum atomic E-state index is 0.103. The first kappa shape index (κ1) is 11.1. The van der Waals surface area contributed by atoms with Gasteiger partial charge < -0.3 is 5.32 Å². The summed E-state index contributed by atoms with van der Waals surface area (Å²) < 4.78 is 0.